The molecule has 2 aliphatic heterocycles. The highest BCUT2D eigenvalue weighted by molar-refractivity contribution is 6.17. The van der Waals surface area contributed by atoms with E-state index in [1.807, 2.05) is 0 Å². The van der Waals surface area contributed by atoms with E-state index in [1.165, 1.54) is 4.90 Å². The number of carbonyl (C=O) groups is 2. The maximum atomic E-state index is 12.2. The van der Waals surface area contributed by atoms with Crippen molar-refractivity contribution < 1.29 is 14.3 Å². The summed E-state index contributed by atoms with van der Waals surface area (Å²) in [5.41, 5.74) is -0.698. The minimum absolute atomic E-state index is 0.0969. The highest BCUT2D eigenvalue weighted by Crippen LogP contribution is 2.28. The molecule has 0 aromatic carbocycles. The van der Waals surface area contributed by atoms with Crippen LogP contribution in [-0.4, -0.2) is 48.0 Å². The summed E-state index contributed by atoms with van der Waals surface area (Å²) >= 11 is 5.58. The molecule has 2 rings (SSSR count). The Kier molecular flexibility index (Phi) is 3.89. The molecule has 0 saturated carbocycles. The molecular weight excluding hydrogens is 244 g/mol. The lowest BCUT2D eigenvalue weighted by molar-refractivity contribution is -0.134. The number of carbonyl (C=O) groups excluding carboxylic acids is 2. The van der Waals surface area contributed by atoms with Crippen molar-refractivity contribution in [2.45, 2.75) is 31.2 Å². The van der Waals surface area contributed by atoms with Gasteiger partial charge in [-0.3, -0.25) is 9.69 Å². The number of hydrogen-bond acceptors (Lipinski definition) is 3. The van der Waals surface area contributed by atoms with Crippen molar-refractivity contribution in [2.24, 2.45) is 0 Å². The number of halogens is 1. The molecule has 2 heterocycles. The molecule has 1 spiro atoms. The van der Waals surface area contributed by atoms with E-state index in [4.69, 9.17) is 16.3 Å². The van der Waals surface area contributed by atoms with Gasteiger partial charge >= 0.3 is 6.03 Å². The molecule has 0 aromatic rings. The third kappa shape index (κ3) is 2.40. The number of nitrogens with zero attached hydrogens (tertiary/aromatic N) is 1. The Bertz CT molecular complexity index is 316. The third-order valence-corrected chi connectivity index (χ3v) is 3.62. The minimum atomic E-state index is -0.698. The van der Waals surface area contributed by atoms with Crippen molar-refractivity contribution in [3.05, 3.63) is 0 Å². The molecule has 0 aromatic heterocycles. The number of imide groups is 1. The molecule has 0 aliphatic carbocycles. The lowest BCUT2D eigenvalue weighted by atomic mass is 9.90. The molecule has 2 saturated heterocycles. The Labute approximate surface area is 105 Å². The molecule has 0 atom stereocenters. The quantitative estimate of drug-likeness (QED) is 0.468. The predicted octanol–water partition coefficient (Wildman–Crippen LogP) is 1.11. The second-order valence-electron chi connectivity index (χ2n) is 4.48. The number of hydrogen-bond donors (Lipinski definition) is 1. The third-order valence-electron chi connectivity index (χ3n) is 3.36. The van der Waals surface area contributed by atoms with Gasteiger partial charge in [-0.1, -0.05) is 0 Å². The van der Waals surface area contributed by atoms with E-state index in [9.17, 15) is 9.59 Å². The number of unbranched alkanes of at least 4 members (excludes halogenated alkanes) is 1. The zero-order valence-corrected chi connectivity index (χ0v) is 10.5. The van der Waals surface area contributed by atoms with Gasteiger partial charge in [-0.2, -0.15) is 0 Å². The Morgan fingerprint density at radius 1 is 1.29 bits per heavy atom. The van der Waals surface area contributed by atoms with Crippen LogP contribution in [0.25, 0.3) is 0 Å². The molecule has 2 fully saturated rings. The van der Waals surface area contributed by atoms with E-state index in [0.29, 0.717) is 38.5 Å². The SMILES string of the molecule is O=C1NC2(CCOCC2)C(=O)N1CCCCCl. The highest BCUT2D eigenvalue weighted by Gasteiger charge is 2.51. The fourth-order valence-electron chi connectivity index (χ4n) is 2.30. The zero-order chi connectivity index (χ0) is 12.3. The van der Waals surface area contributed by atoms with Crippen LogP contribution in [0.1, 0.15) is 25.7 Å². The Morgan fingerprint density at radius 2 is 2.00 bits per heavy atom. The second kappa shape index (κ2) is 5.23. The van der Waals surface area contributed by atoms with Gasteiger partial charge in [-0.25, -0.2) is 4.79 Å². The van der Waals surface area contributed by atoms with Crippen molar-refractivity contribution in [1.82, 2.24) is 10.2 Å². The van der Waals surface area contributed by atoms with E-state index in [1.54, 1.807) is 0 Å². The van der Waals surface area contributed by atoms with Crippen LogP contribution in [0.5, 0.6) is 0 Å². The van der Waals surface area contributed by atoms with Gasteiger partial charge in [0, 0.05) is 38.5 Å². The van der Waals surface area contributed by atoms with E-state index in [-0.39, 0.29) is 11.9 Å². The van der Waals surface area contributed by atoms with Crippen LogP contribution in [0.2, 0.25) is 0 Å². The van der Waals surface area contributed by atoms with Crippen molar-refractivity contribution in [3.63, 3.8) is 0 Å². The molecule has 1 N–H and O–H groups in total. The van der Waals surface area contributed by atoms with E-state index in [0.717, 1.165) is 12.8 Å². The maximum Gasteiger partial charge on any atom is 0.325 e. The monoisotopic (exact) mass is 260 g/mol. The lowest BCUT2D eigenvalue weighted by Gasteiger charge is -2.30. The summed E-state index contributed by atoms with van der Waals surface area (Å²) in [4.78, 5) is 25.3. The van der Waals surface area contributed by atoms with Gasteiger partial charge in [0.1, 0.15) is 5.54 Å². The summed E-state index contributed by atoms with van der Waals surface area (Å²) in [5, 5.41) is 2.82. The molecule has 0 unspecified atom stereocenters. The second-order valence-corrected chi connectivity index (χ2v) is 4.86. The molecular formula is C11H17ClN2O3. The van der Waals surface area contributed by atoms with Crippen LogP contribution >= 0.6 is 11.6 Å². The van der Waals surface area contributed by atoms with Gasteiger partial charge in [-0.05, 0) is 12.8 Å². The van der Waals surface area contributed by atoms with Crippen molar-refractivity contribution in [3.8, 4) is 0 Å². The summed E-state index contributed by atoms with van der Waals surface area (Å²) < 4.78 is 5.23. The average molecular weight is 261 g/mol. The average Bonchev–Trinajstić information content (AvgIpc) is 2.55. The van der Waals surface area contributed by atoms with Gasteiger partial charge in [0.05, 0.1) is 0 Å². The molecule has 96 valence electrons. The van der Waals surface area contributed by atoms with Crippen molar-refractivity contribution >= 4 is 23.5 Å². The summed E-state index contributed by atoms with van der Waals surface area (Å²) in [6.07, 6.45) is 2.72. The highest BCUT2D eigenvalue weighted by atomic mass is 35.5. The normalized spacial score (nSPS) is 23.2. The molecule has 3 amide bonds. The largest absolute Gasteiger partial charge is 0.381 e. The van der Waals surface area contributed by atoms with E-state index >= 15 is 0 Å². The zero-order valence-electron chi connectivity index (χ0n) is 9.71. The van der Waals surface area contributed by atoms with Crippen molar-refractivity contribution in [1.29, 1.82) is 0 Å². The molecule has 2 aliphatic rings. The maximum absolute atomic E-state index is 12.2. The van der Waals surface area contributed by atoms with Crippen LogP contribution < -0.4 is 5.32 Å². The van der Waals surface area contributed by atoms with Crippen LogP contribution in [0.15, 0.2) is 0 Å². The Hall–Kier alpha value is -0.810. The first kappa shape index (κ1) is 12.6. The molecule has 17 heavy (non-hydrogen) atoms. The first-order valence-electron chi connectivity index (χ1n) is 5.97. The summed E-state index contributed by atoms with van der Waals surface area (Å²) in [5.74, 6) is 0.461. The molecule has 5 nitrogen and oxygen atoms in total. The first-order valence-corrected chi connectivity index (χ1v) is 6.51. The number of rotatable bonds is 4. The van der Waals surface area contributed by atoms with Crippen molar-refractivity contribution in [2.75, 3.05) is 25.6 Å². The summed E-state index contributed by atoms with van der Waals surface area (Å²) in [6, 6.07) is -0.272. The Balaban J connectivity index is 2.00. The number of nitrogens with one attached hydrogen (secondary N) is 1. The smallest absolute Gasteiger partial charge is 0.325 e. The number of alkyl halides is 1. The van der Waals surface area contributed by atoms with Gasteiger partial charge in [0.25, 0.3) is 5.91 Å². The van der Waals surface area contributed by atoms with Gasteiger partial charge in [0.15, 0.2) is 0 Å². The standard InChI is InChI=1S/C11H17ClN2O3/c12-5-1-2-6-14-9(15)11(13-10(14)16)3-7-17-8-4-11/h1-8H2,(H,13,16). The minimum Gasteiger partial charge on any atom is -0.381 e. The fourth-order valence-corrected chi connectivity index (χ4v) is 2.49. The first-order chi connectivity index (χ1) is 8.19. The molecule has 0 bridgehead atoms. The predicted molar refractivity (Wildman–Crippen MR) is 63.0 cm³/mol. The topological polar surface area (TPSA) is 58.6 Å². The van der Waals surface area contributed by atoms with Gasteiger partial charge in [-0.15, -0.1) is 11.6 Å². The summed E-state index contributed by atoms with van der Waals surface area (Å²) in [6.45, 7) is 1.52. The van der Waals surface area contributed by atoms with Gasteiger partial charge < -0.3 is 10.1 Å². The lowest BCUT2D eigenvalue weighted by Crippen LogP contribution is -2.51. The van der Waals surface area contributed by atoms with Crippen LogP contribution in [-0.2, 0) is 9.53 Å². The van der Waals surface area contributed by atoms with Crippen LogP contribution in [0.4, 0.5) is 4.79 Å². The van der Waals surface area contributed by atoms with Crippen LogP contribution in [0, 0.1) is 0 Å². The number of amides is 3. The summed E-state index contributed by atoms with van der Waals surface area (Å²) in [7, 11) is 0. The van der Waals surface area contributed by atoms with E-state index in [2.05, 4.69) is 5.32 Å². The number of urea groups is 1. The molecule has 0 radical (unpaired) electrons. The Morgan fingerprint density at radius 3 is 2.65 bits per heavy atom. The fraction of sp³-hybridized carbons (Fsp3) is 0.818. The molecule has 6 heteroatoms. The van der Waals surface area contributed by atoms with E-state index < -0.39 is 5.54 Å². The van der Waals surface area contributed by atoms with Crippen LogP contribution in [0.3, 0.4) is 0 Å². The number of ether oxygens (including phenoxy) is 1. The van der Waals surface area contributed by atoms with Gasteiger partial charge in [0.2, 0.25) is 0 Å².